The van der Waals surface area contributed by atoms with E-state index in [9.17, 15) is 9.59 Å². The van der Waals surface area contributed by atoms with Crippen LogP contribution in [0.25, 0.3) is 6.08 Å². The van der Waals surface area contributed by atoms with Crippen molar-refractivity contribution < 1.29 is 9.59 Å². The van der Waals surface area contributed by atoms with Crippen molar-refractivity contribution in [1.82, 2.24) is 5.32 Å². The topological polar surface area (TPSA) is 49.4 Å². The van der Waals surface area contributed by atoms with E-state index in [4.69, 9.17) is 0 Å². The Labute approximate surface area is 107 Å². The minimum absolute atomic E-state index is 0.0346. The van der Waals surface area contributed by atoms with E-state index in [2.05, 4.69) is 5.32 Å². The van der Waals surface area contributed by atoms with Crippen LogP contribution in [0.3, 0.4) is 0 Å². The third kappa shape index (κ3) is 4.41. The fourth-order valence-electron chi connectivity index (χ4n) is 1.51. The van der Waals surface area contributed by atoms with Crippen molar-refractivity contribution >= 4 is 24.0 Å². The van der Waals surface area contributed by atoms with Crippen LogP contribution < -0.4 is 10.2 Å². The predicted octanol–water partition coefficient (Wildman–Crippen LogP) is 1.47. The smallest absolute Gasteiger partial charge is 0.221 e. The SMILES string of the molecule is CNC(=O)CCN(C)c1ccc(C=CC=O)cc1. The van der Waals surface area contributed by atoms with E-state index in [1.165, 1.54) is 6.08 Å². The molecule has 0 saturated heterocycles. The lowest BCUT2D eigenvalue weighted by atomic mass is 10.2. The highest BCUT2D eigenvalue weighted by molar-refractivity contribution is 5.76. The predicted molar refractivity (Wildman–Crippen MR) is 73.5 cm³/mol. The van der Waals surface area contributed by atoms with Crippen molar-refractivity contribution in [3.8, 4) is 0 Å². The molecular weight excluding hydrogens is 228 g/mol. The molecule has 0 unspecified atom stereocenters. The Hall–Kier alpha value is -2.10. The molecule has 0 saturated carbocycles. The molecule has 1 aromatic rings. The van der Waals surface area contributed by atoms with Crippen LogP contribution in [0.5, 0.6) is 0 Å². The molecule has 0 radical (unpaired) electrons. The van der Waals surface area contributed by atoms with Gasteiger partial charge in [-0.25, -0.2) is 0 Å². The molecule has 0 aliphatic carbocycles. The Morgan fingerprint density at radius 1 is 1.33 bits per heavy atom. The lowest BCUT2D eigenvalue weighted by Crippen LogP contribution is -2.26. The second-order valence-electron chi connectivity index (χ2n) is 3.93. The maximum absolute atomic E-state index is 11.1. The molecule has 0 heterocycles. The van der Waals surface area contributed by atoms with Gasteiger partial charge in [-0.15, -0.1) is 0 Å². The second-order valence-corrected chi connectivity index (χ2v) is 3.93. The fourth-order valence-corrected chi connectivity index (χ4v) is 1.51. The third-order valence-corrected chi connectivity index (χ3v) is 2.65. The van der Waals surface area contributed by atoms with Gasteiger partial charge in [-0.1, -0.05) is 18.2 Å². The van der Waals surface area contributed by atoms with Crippen molar-refractivity contribution in [3.05, 3.63) is 35.9 Å². The summed E-state index contributed by atoms with van der Waals surface area (Å²) in [6, 6.07) is 7.81. The Morgan fingerprint density at radius 2 is 2.00 bits per heavy atom. The zero-order valence-electron chi connectivity index (χ0n) is 10.7. The highest BCUT2D eigenvalue weighted by Crippen LogP contribution is 2.14. The monoisotopic (exact) mass is 246 g/mol. The van der Waals surface area contributed by atoms with E-state index in [1.807, 2.05) is 36.2 Å². The van der Waals surface area contributed by atoms with Crippen molar-refractivity contribution in [2.45, 2.75) is 6.42 Å². The fraction of sp³-hybridized carbons (Fsp3) is 0.286. The minimum atomic E-state index is 0.0346. The van der Waals surface area contributed by atoms with Gasteiger partial charge in [0.05, 0.1) is 0 Å². The van der Waals surface area contributed by atoms with Gasteiger partial charge in [0.25, 0.3) is 0 Å². The Bertz CT molecular complexity index is 424. The first-order valence-electron chi connectivity index (χ1n) is 5.81. The number of hydrogen-bond acceptors (Lipinski definition) is 3. The average Bonchev–Trinajstić information content (AvgIpc) is 2.42. The van der Waals surface area contributed by atoms with Crippen LogP contribution in [0, 0.1) is 0 Å². The first-order valence-corrected chi connectivity index (χ1v) is 5.81. The molecule has 4 heteroatoms. The number of carbonyl (C=O) groups excluding carboxylic acids is 2. The summed E-state index contributed by atoms with van der Waals surface area (Å²) in [7, 11) is 3.58. The van der Waals surface area contributed by atoms with Crippen LogP contribution >= 0.6 is 0 Å². The summed E-state index contributed by atoms with van der Waals surface area (Å²) in [5.74, 6) is 0.0346. The van der Waals surface area contributed by atoms with Gasteiger partial charge in [0.15, 0.2) is 0 Å². The van der Waals surface area contributed by atoms with Gasteiger partial charge in [0.2, 0.25) is 5.91 Å². The molecule has 1 aromatic carbocycles. The standard InChI is InChI=1S/C14H18N2O2/c1-15-14(18)9-10-16(2)13-7-5-12(6-8-13)4-3-11-17/h3-8,11H,9-10H2,1-2H3,(H,15,18). The molecule has 1 rings (SSSR count). The van der Waals surface area contributed by atoms with Crippen molar-refractivity contribution in [3.63, 3.8) is 0 Å². The molecule has 0 aliphatic rings. The number of nitrogens with one attached hydrogen (secondary N) is 1. The van der Waals surface area contributed by atoms with Crippen LogP contribution in [-0.4, -0.2) is 32.8 Å². The van der Waals surface area contributed by atoms with Gasteiger partial charge in [-0.3, -0.25) is 9.59 Å². The molecule has 0 fully saturated rings. The Balaban J connectivity index is 2.58. The Kier molecular flexibility index (Phi) is 5.64. The maximum Gasteiger partial charge on any atom is 0.221 e. The quantitative estimate of drug-likeness (QED) is 0.611. The maximum atomic E-state index is 11.1. The summed E-state index contributed by atoms with van der Waals surface area (Å²) < 4.78 is 0. The van der Waals surface area contributed by atoms with Gasteiger partial charge in [-0.05, 0) is 23.8 Å². The minimum Gasteiger partial charge on any atom is -0.374 e. The number of rotatable bonds is 6. The van der Waals surface area contributed by atoms with E-state index < -0.39 is 0 Å². The van der Waals surface area contributed by atoms with Crippen molar-refractivity contribution in [1.29, 1.82) is 0 Å². The molecule has 0 atom stereocenters. The summed E-state index contributed by atoms with van der Waals surface area (Å²) in [6.07, 6.45) is 4.44. The van der Waals surface area contributed by atoms with Gasteiger partial charge < -0.3 is 10.2 Å². The Morgan fingerprint density at radius 3 is 2.56 bits per heavy atom. The number of hydrogen-bond donors (Lipinski definition) is 1. The van der Waals surface area contributed by atoms with Crippen molar-refractivity contribution in [2.24, 2.45) is 0 Å². The van der Waals surface area contributed by atoms with Crippen LogP contribution in [0.2, 0.25) is 0 Å². The number of benzene rings is 1. The van der Waals surface area contributed by atoms with Gasteiger partial charge >= 0.3 is 0 Å². The van der Waals surface area contributed by atoms with Crippen LogP contribution in [0.15, 0.2) is 30.3 Å². The first kappa shape index (κ1) is 14.0. The largest absolute Gasteiger partial charge is 0.374 e. The summed E-state index contributed by atoms with van der Waals surface area (Å²) in [6.45, 7) is 0.670. The first-order chi connectivity index (χ1) is 8.67. The summed E-state index contributed by atoms with van der Waals surface area (Å²) in [4.78, 5) is 23.4. The van der Waals surface area contributed by atoms with Gasteiger partial charge in [0.1, 0.15) is 6.29 Å². The van der Waals surface area contributed by atoms with Crippen LogP contribution in [0.4, 0.5) is 5.69 Å². The van der Waals surface area contributed by atoms with E-state index in [0.717, 1.165) is 17.5 Å². The second kappa shape index (κ2) is 7.27. The number of nitrogens with zero attached hydrogens (tertiary/aromatic N) is 1. The molecule has 0 aromatic heterocycles. The average molecular weight is 246 g/mol. The molecule has 0 bridgehead atoms. The molecule has 0 aliphatic heterocycles. The number of amides is 1. The molecular formula is C14H18N2O2. The molecule has 1 amide bonds. The van der Waals surface area contributed by atoms with Gasteiger partial charge in [-0.2, -0.15) is 0 Å². The lowest BCUT2D eigenvalue weighted by molar-refractivity contribution is -0.120. The number of anilines is 1. The van der Waals surface area contributed by atoms with E-state index >= 15 is 0 Å². The van der Waals surface area contributed by atoms with Crippen molar-refractivity contribution in [2.75, 3.05) is 25.5 Å². The van der Waals surface area contributed by atoms with Crippen LogP contribution in [0.1, 0.15) is 12.0 Å². The lowest BCUT2D eigenvalue weighted by Gasteiger charge is -2.18. The molecule has 1 N–H and O–H groups in total. The summed E-state index contributed by atoms with van der Waals surface area (Å²) in [5.41, 5.74) is 2.02. The van der Waals surface area contributed by atoms with E-state index in [0.29, 0.717) is 13.0 Å². The highest BCUT2D eigenvalue weighted by Gasteiger charge is 2.03. The zero-order chi connectivity index (χ0) is 13.4. The van der Waals surface area contributed by atoms with E-state index in [-0.39, 0.29) is 5.91 Å². The number of carbonyl (C=O) groups is 2. The van der Waals surface area contributed by atoms with Crippen LogP contribution in [-0.2, 0) is 9.59 Å². The highest BCUT2D eigenvalue weighted by atomic mass is 16.1. The third-order valence-electron chi connectivity index (χ3n) is 2.65. The normalized spacial score (nSPS) is 10.3. The molecule has 18 heavy (non-hydrogen) atoms. The molecule has 0 spiro atoms. The summed E-state index contributed by atoms with van der Waals surface area (Å²) >= 11 is 0. The zero-order valence-corrected chi connectivity index (χ0v) is 10.7. The number of aldehydes is 1. The molecule has 96 valence electrons. The van der Waals surface area contributed by atoms with E-state index in [1.54, 1.807) is 13.1 Å². The summed E-state index contributed by atoms with van der Waals surface area (Å²) in [5, 5.41) is 2.60. The number of allylic oxidation sites excluding steroid dienone is 1. The molecule has 4 nitrogen and oxygen atoms in total. The van der Waals surface area contributed by atoms with Gasteiger partial charge in [0, 0.05) is 32.7 Å².